The molecule has 0 aliphatic carbocycles. The van der Waals surface area contributed by atoms with Crippen LogP contribution in [0.5, 0.6) is 0 Å². The van der Waals surface area contributed by atoms with Crippen LogP contribution >= 0.6 is 0 Å². The second kappa shape index (κ2) is 5.66. The Morgan fingerprint density at radius 3 is 2.65 bits per heavy atom. The van der Waals surface area contributed by atoms with Gasteiger partial charge < -0.3 is 5.32 Å². The van der Waals surface area contributed by atoms with Gasteiger partial charge in [-0.1, -0.05) is 6.07 Å². The molecule has 102 valence electrons. The third kappa shape index (κ3) is 2.91. The molecule has 0 atom stereocenters. The minimum Gasteiger partial charge on any atom is -0.365 e. The van der Waals surface area contributed by atoms with Gasteiger partial charge in [0.2, 0.25) is 0 Å². The van der Waals surface area contributed by atoms with Crippen molar-refractivity contribution < 1.29 is 8.78 Å². The first-order valence-electron chi connectivity index (χ1n) is 6.07. The first-order chi connectivity index (χ1) is 9.51. The van der Waals surface area contributed by atoms with Gasteiger partial charge in [0.15, 0.2) is 0 Å². The average molecular weight is 273 g/mol. The minimum atomic E-state index is -0.625. The van der Waals surface area contributed by atoms with E-state index in [-0.39, 0.29) is 6.54 Å². The summed E-state index contributed by atoms with van der Waals surface area (Å²) >= 11 is 0. The van der Waals surface area contributed by atoms with Gasteiger partial charge in [-0.05, 0) is 31.5 Å². The third-order valence-electron chi connectivity index (χ3n) is 2.92. The first-order valence-corrected chi connectivity index (χ1v) is 6.07. The molecule has 0 fully saturated rings. The van der Waals surface area contributed by atoms with Crippen molar-refractivity contribution in [2.75, 3.05) is 5.32 Å². The summed E-state index contributed by atoms with van der Waals surface area (Å²) in [6.45, 7) is 3.77. The maximum atomic E-state index is 13.5. The molecular weight excluding hydrogens is 260 g/mol. The second-order valence-electron chi connectivity index (χ2n) is 4.51. The molecule has 0 bridgehead atoms. The topological polar surface area (TPSA) is 48.7 Å². The normalized spacial score (nSPS) is 10.2. The number of hydrogen-bond acceptors (Lipinski definition) is 3. The van der Waals surface area contributed by atoms with Gasteiger partial charge in [-0.3, -0.25) is 0 Å². The molecular formula is C15H13F2N3. The monoisotopic (exact) mass is 273 g/mol. The predicted molar refractivity (Wildman–Crippen MR) is 72.1 cm³/mol. The van der Waals surface area contributed by atoms with Crippen molar-refractivity contribution in [2.24, 2.45) is 0 Å². The van der Waals surface area contributed by atoms with E-state index in [9.17, 15) is 8.78 Å². The van der Waals surface area contributed by atoms with Crippen LogP contribution in [-0.2, 0) is 6.54 Å². The Morgan fingerprint density at radius 2 is 2.00 bits per heavy atom. The van der Waals surface area contributed by atoms with E-state index in [0.717, 1.165) is 17.3 Å². The van der Waals surface area contributed by atoms with Crippen LogP contribution in [0.4, 0.5) is 14.6 Å². The zero-order chi connectivity index (χ0) is 14.7. The molecule has 0 aliphatic rings. The molecule has 0 saturated heterocycles. The van der Waals surface area contributed by atoms with Crippen LogP contribution in [0, 0.1) is 36.8 Å². The van der Waals surface area contributed by atoms with Gasteiger partial charge in [-0.2, -0.15) is 5.26 Å². The molecule has 1 aromatic heterocycles. The number of aromatic nitrogens is 1. The Balaban J connectivity index is 2.25. The number of nitriles is 1. The Bertz CT molecular complexity index is 690. The van der Waals surface area contributed by atoms with E-state index >= 15 is 0 Å². The Morgan fingerprint density at radius 1 is 1.25 bits per heavy atom. The van der Waals surface area contributed by atoms with E-state index in [2.05, 4.69) is 16.4 Å². The van der Waals surface area contributed by atoms with E-state index in [1.165, 1.54) is 12.1 Å². The van der Waals surface area contributed by atoms with Crippen molar-refractivity contribution in [3.63, 3.8) is 0 Å². The van der Waals surface area contributed by atoms with Gasteiger partial charge in [-0.25, -0.2) is 13.8 Å². The Kier molecular flexibility index (Phi) is 3.94. The molecule has 1 aromatic carbocycles. The van der Waals surface area contributed by atoms with Crippen molar-refractivity contribution in [2.45, 2.75) is 20.4 Å². The molecule has 0 aliphatic heterocycles. The summed E-state index contributed by atoms with van der Waals surface area (Å²) in [6.07, 6.45) is 0. The summed E-state index contributed by atoms with van der Waals surface area (Å²) in [5.41, 5.74) is 2.32. The fourth-order valence-corrected chi connectivity index (χ4v) is 1.95. The van der Waals surface area contributed by atoms with Gasteiger partial charge in [0.05, 0.1) is 5.56 Å². The molecule has 0 radical (unpaired) electrons. The van der Waals surface area contributed by atoms with Crippen LogP contribution in [0.2, 0.25) is 0 Å². The SMILES string of the molecule is Cc1cc(C)c(C#N)c(NCc2ccc(F)cc2F)n1. The highest BCUT2D eigenvalue weighted by Gasteiger charge is 2.09. The second-order valence-corrected chi connectivity index (χ2v) is 4.51. The highest BCUT2D eigenvalue weighted by atomic mass is 19.1. The Hall–Kier alpha value is -2.48. The summed E-state index contributed by atoms with van der Waals surface area (Å²) in [4.78, 5) is 4.24. The van der Waals surface area contributed by atoms with Gasteiger partial charge in [-0.15, -0.1) is 0 Å². The maximum absolute atomic E-state index is 13.5. The molecule has 5 heteroatoms. The molecule has 0 amide bonds. The maximum Gasteiger partial charge on any atom is 0.144 e. The van der Waals surface area contributed by atoms with Crippen molar-refractivity contribution in [1.29, 1.82) is 5.26 Å². The molecule has 0 saturated carbocycles. The highest BCUT2D eigenvalue weighted by Crippen LogP contribution is 2.19. The van der Waals surface area contributed by atoms with Crippen molar-refractivity contribution >= 4 is 5.82 Å². The number of rotatable bonds is 3. The largest absolute Gasteiger partial charge is 0.365 e. The molecule has 20 heavy (non-hydrogen) atoms. The number of aryl methyl sites for hydroxylation is 2. The summed E-state index contributed by atoms with van der Waals surface area (Å²) < 4.78 is 26.3. The number of benzene rings is 1. The molecule has 1 N–H and O–H groups in total. The van der Waals surface area contributed by atoms with Crippen LogP contribution in [0.1, 0.15) is 22.4 Å². The summed E-state index contributed by atoms with van der Waals surface area (Å²) in [5, 5.41) is 12.1. The molecule has 1 heterocycles. The minimum absolute atomic E-state index is 0.136. The van der Waals surface area contributed by atoms with Gasteiger partial charge >= 0.3 is 0 Å². The molecule has 2 aromatic rings. The van der Waals surface area contributed by atoms with E-state index in [4.69, 9.17) is 5.26 Å². The number of anilines is 1. The summed E-state index contributed by atoms with van der Waals surface area (Å²) in [5.74, 6) is -0.831. The van der Waals surface area contributed by atoms with Crippen LogP contribution in [0.25, 0.3) is 0 Å². The lowest BCUT2D eigenvalue weighted by Gasteiger charge is -2.11. The van der Waals surface area contributed by atoms with Gasteiger partial charge in [0.25, 0.3) is 0 Å². The molecule has 2 rings (SSSR count). The molecule has 0 unspecified atom stereocenters. The quantitative estimate of drug-likeness (QED) is 0.931. The van der Waals surface area contributed by atoms with Crippen LogP contribution in [0.3, 0.4) is 0 Å². The lowest BCUT2D eigenvalue weighted by atomic mass is 10.1. The summed E-state index contributed by atoms with van der Waals surface area (Å²) in [7, 11) is 0. The number of nitrogens with zero attached hydrogens (tertiary/aromatic N) is 2. The number of halogens is 2. The zero-order valence-electron chi connectivity index (χ0n) is 11.2. The predicted octanol–water partition coefficient (Wildman–Crippen LogP) is 3.46. The number of nitrogens with one attached hydrogen (secondary N) is 1. The van der Waals surface area contributed by atoms with Gasteiger partial charge in [0, 0.05) is 23.9 Å². The lowest BCUT2D eigenvalue weighted by molar-refractivity contribution is 0.574. The summed E-state index contributed by atoms with van der Waals surface area (Å²) in [6, 6.07) is 7.27. The standard InChI is InChI=1S/C15H13F2N3/c1-9-5-10(2)20-15(13(9)7-18)19-8-11-3-4-12(16)6-14(11)17/h3-6H,8H2,1-2H3,(H,19,20). The van der Waals surface area contributed by atoms with Crippen molar-refractivity contribution in [3.8, 4) is 6.07 Å². The van der Waals surface area contributed by atoms with Crippen LogP contribution < -0.4 is 5.32 Å². The molecule has 3 nitrogen and oxygen atoms in total. The van der Waals surface area contributed by atoms with Crippen molar-refractivity contribution in [3.05, 3.63) is 58.3 Å². The molecule has 0 spiro atoms. The Labute approximate surface area is 115 Å². The van der Waals surface area contributed by atoms with Crippen LogP contribution in [0.15, 0.2) is 24.3 Å². The lowest BCUT2D eigenvalue weighted by Crippen LogP contribution is -2.07. The fourth-order valence-electron chi connectivity index (χ4n) is 1.95. The average Bonchev–Trinajstić information content (AvgIpc) is 2.37. The zero-order valence-corrected chi connectivity index (χ0v) is 11.2. The highest BCUT2D eigenvalue weighted by molar-refractivity contribution is 5.56. The van der Waals surface area contributed by atoms with E-state index in [1.807, 2.05) is 19.9 Å². The van der Waals surface area contributed by atoms with E-state index < -0.39 is 11.6 Å². The van der Waals surface area contributed by atoms with Crippen LogP contribution in [-0.4, -0.2) is 4.98 Å². The van der Waals surface area contributed by atoms with Crippen molar-refractivity contribution in [1.82, 2.24) is 4.98 Å². The van der Waals surface area contributed by atoms with E-state index in [0.29, 0.717) is 16.9 Å². The smallest absolute Gasteiger partial charge is 0.144 e. The first kappa shape index (κ1) is 13.9. The fraction of sp³-hybridized carbons (Fsp3) is 0.200. The number of hydrogen-bond donors (Lipinski definition) is 1. The van der Waals surface area contributed by atoms with E-state index in [1.54, 1.807) is 0 Å². The number of pyridine rings is 1. The van der Waals surface area contributed by atoms with Gasteiger partial charge in [0.1, 0.15) is 23.5 Å². The third-order valence-corrected chi connectivity index (χ3v) is 2.92.